The molecule has 0 atom stereocenters. The zero-order valence-corrected chi connectivity index (χ0v) is 10.2. The molecule has 0 amide bonds. The van der Waals surface area contributed by atoms with Gasteiger partial charge in [0.15, 0.2) is 0 Å². The molecule has 0 N–H and O–H groups in total. The predicted molar refractivity (Wildman–Crippen MR) is 61.4 cm³/mol. The van der Waals surface area contributed by atoms with Gasteiger partial charge in [-0.2, -0.15) is 0 Å². The molecule has 0 aromatic carbocycles. The lowest BCUT2D eigenvalue weighted by atomic mass is 10.4. The van der Waals surface area contributed by atoms with Crippen molar-refractivity contribution in [1.29, 1.82) is 0 Å². The van der Waals surface area contributed by atoms with Crippen LogP contribution < -0.4 is 0 Å². The van der Waals surface area contributed by atoms with E-state index in [1.807, 2.05) is 0 Å². The zero-order chi connectivity index (χ0) is 9.90. The van der Waals surface area contributed by atoms with Crippen LogP contribution in [0.1, 0.15) is 6.92 Å². The van der Waals surface area contributed by atoms with Crippen molar-refractivity contribution in [2.75, 3.05) is 32.7 Å². The first-order valence-electron chi connectivity index (χ1n) is 5.21. The van der Waals surface area contributed by atoms with Gasteiger partial charge in [0.1, 0.15) is 8.24 Å². The summed E-state index contributed by atoms with van der Waals surface area (Å²) in [5, 5.41) is 0. The first-order valence-corrected chi connectivity index (χ1v) is 8.23. The first-order chi connectivity index (χ1) is 6.10. The van der Waals surface area contributed by atoms with E-state index < -0.39 is 8.24 Å². The minimum absolute atomic E-state index is 1.20. The molecule has 1 saturated heterocycles. The Balaban J connectivity index is 2.45. The van der Waals surface area contributed by atoms with E-state index in [0.717, 1.165) is 0 Å². The number of nitrogens with zero attached hydrogens (tertiary/aromatic N) is 2. The van der Waals surface area contributed by atoms with Crippen molar-refractivity contribution < 1.29 is 0 Å². The Hall–Kier alpha value is -0.123. The van der Waals surface area contributed by atoms with E-state index in [2.05, 4.69) is 41.8 Å². The zero-order valence-electron chi connectivity index (χ0n) is 9.21. The highest BCUT2D eigenvalue weighted by Gasteiger charge is 2.28. The summed E-state index contributed by atoms with van der Waals surface area (Å²) in [4.78, 5) is 2.52. The van der Waals surface area contributed by atoms with Gasteiger partial charge in [-0.15, -0.1) is 6.58 Å². The molecule has 0 aromatic rings. The van der Waals surface area contributed by atoms with Crippen LogP contribution in [-0.2, 0) is 0 Å². The standard InChI is InChI=1S/C10H22N2Si/c1-5-11-7-9-12(10-8-11)13(3,4)6-2/h6H,2,5,7-10H2,1,3-4H3. The molecule has 13 heavy (non-hydrogen) atoms. The third-order valence-corrected chi connectivity index (χ3v) is 6.21. The largest absolute Gasteiger partial charge is 0.318 e. The molecular formula is C10H22N2Si. The second-order valence-corrected chi connectivity index (χ2v) is 8.63. The Bertz CT molecular complexity index is 172. The molecule has 2 nitrogen and oxygen atoms in total. The molecule has 0 spiro atoms. The van der Waals surface area contributed by atoms with Crippen LogP contribution in [0.25, 0.3) is 0 Å². The average molecular weight is 198 g/mol. The van der Waals surface area contributed by atoms with Crippen molar-refractivity contribution in [3.8, 4) is 0 Å². The topological polar surface area (TPSA) is 6.48 Å². The molecule has 0 bridgehead atoms. The molecule has 1 heterocycles. The van der Waals surface area contributed by atoms with Crippen molar-refractivity contribution in [3.05, 3.63) is 12.3 Å². The summed E-state index contributed by atoms with van der Waals surface area (Å²) in [6.07, 6.45) is 0. The number of hydrogen-bond acceptors (Lipinski definition) is 2. The van der Waals surface area contributed by atoms with Crippen LogP contribution in [0.4, 0.5) is 0 Å². The van der Waals surface area contributed by atoms with Gasteiger partial charge in [-0.05, 0) is 6.54 Å². The molecule has 0 unspecified atom stereocenters. The Morgan fingerprint density at radius 1 is 1.23 bits per heavy atom. The number of rotatable bonds is 3. The van der Waals surface area contributed by atoms with Gasteiger partial charge < -0.3 is 9.47 Å². The van der Waals surface area contributed by atoms with Crippen LogP contribution in [0.15, 0.2) is 12.3 Å². The molecular weight excluding hydrogens is 176 g/mol. The maximum atomic E-state index is 3.95. The molecule has 1 aliphatic heterocycles. The van der Waals surface area contributed by atoms with Crippen LogP contribution in [0.5, 0.6) is 0 Å². The number of likely N-dealkylation sites (N-methyl/N-ethyl adjacent to an activating group) is 1. The lowest BCUT2D eigenvalue weighted by Crippen LogP contribution is -2.56. The highest BCUT2D eigenvalue weighted by molar-refractivity contribution is 6.79. The van der Waals surface area contributed by atoms with Crippen LogP contribution >= 0.6 is 0 Å². The Morgan fingerprint density at radius 2 is 1.77 bits per heavy atom. The number of piperazine rings is 1. The SMILES string of the molecule is C=C[Si](C)(C)N1CCN(CC)CC1. The van der Waals surface area contributed by atoms with Crippen molar-refractivity contribution in [3.63, 3.8) is 0 Å². The van der Waals surface area contributed by atoms with E-state index in [0.29, 0.717) is 0 Å². The summed E-state index contributed by atoms with van der Waals surface area (Å²) in [6, 6.07) is 0. The van der Waals surface area contributed by atoms with E-state index >= 15 is 0 Å². The minimum atomic E-state index is -1.25. The molecule has 1 fully saturated rings. The summed E-state index contributed by atoms with van der Waals surface area (Å²) in [7, 11) is -1.25. The van der Waals surface area contributed by atoms with Crippen LogP contribution in [0, 0.1) is 0 Å². The third-order valence-electron chi connectivity index (χ3n) is 3.13. The lowest BCUT2D eigenvalue weighted by Gasteiger charge is -2.41. The number of hydrogen-bond donors (Lipinski definition) is 0. The van der Waals surface area contributed by atoms with Crippen molar-refractivity contribution in [2.45, 2.75) is 20.0 Å². The van der Waals surface area contributed by atoms with E-state index in [1.165, 1.54) is 32.7 Å². The Labute approximate surface area is 83.3 Å². The summed E-state index contributed by atoms with van der Waals surface area (Å²) < 4.78 is 2.64. The molecule has 1 aliphatic rings. The van der Waals surface area contributed by atoms with Crippen molar-refractivity contribution >= 4 is 8.24 Å². The summed E-state index contributed by atoms with van der Waals surface area (Å²) >= 11 is 0. The quantitative estimate of drug-likeness (QED) is 0.635. The highest BCUT2D eigenvalue weighted by Crippen LogP contribution is 2.13. The molecule has 76 valence electrons. The van der Waals surface area contributed by atoms with Crippen LogP contribution in [0.2, 0.25) is 13.1 Å². The molecule has 3 heteroatoms. The second kappa shape index (κ2) is 4.40. The van der Waals surface area contributed by atoms with Gasteiger partial charge in [0.05, 0.1) is 0 Å². The molecule has 0 saturated carbocycles. The van der Waals surface area contributed by atoms with E-state index in [9.17, 15) is 0 Å². The molecule has 1 rings (SSSR count). The van der Waals surface area contributed by atoms with Gasteiger partial charge in [0.2, 0.25) is 0 Å². The summed E-state index contributed by atoms with van der Waals surface area (Å²) in [6.45, 7) is 17.1. The Kier molecular flexibility index (Phi) is 3.70. The van der Waals surface area contributed by atoms with Gasteiger partial charge in [0, 0.05) is 26.2 Å². The molecule has 0 aromatic heterocycles. The summed E-state index contributed by atoms with van der Waals surface area (Å²) in [5.41, 5.74) is 2.19. The highest BCUT2D eigenvalue weighted by atomic mass is 28.3. The smallest absolute Gasteiger partial charge is 0.146 e. The molecule has 0 radical (unpaired) electrons. The third kappa shape index (κ3) is 2.66. The van der Waals surface area contributed by atoms with E-state index in [4.69, 9.17) is 0 Å². The van der Waals surface area contributed by atoms with Gasteiger partial charge >= 0.3 is 0 Å². The van der Waals surface area contributed by atoms with Crippen LogP contribution in [-0.4, -0.2) is 50.4 Å². The maximum absolute atomic E-state index is 3.95. The monoisotopic (exact) mass is 198 g/mol. The fourth-order valence-corrected chi connectivity index (χ4v) is 3.38. The second-order valence-electron chi connectivity index (χ2n) is 4.28. The average Bonchev–Trinajstić information content (AvgIpc) is 2.18. The van der Waals surface area contributed by atoms with Gasteiger partial charge in [-0.1, -0.05) is 25.7 Å². The lowest BCUT2D eigenvalue weighted by molar-refractivity contribution is 0.192. The fourth-order valence-electron chi connectivity index (χ4n) is 1.77. The fraction of sp³-hybridized carbons (Fsp3) is 0.800. The molecule has 0 aliphatic carbocycles. The van der Waals surface area contributed by atoms with E-state index in [1.54, 1.807) is 0 Å². The summed E-state index contributed by atoms with van der Waals surface area (Å²) in [5.74, 6) is 0. The minimum Gasteiger partial charge on any atom is -0.318 e. The van der Waals surface area contributed by atoms with Crippen molar-refractivity contribution in [2.24, 2.45) is 0 Å². The predicted octanol–water partition coefficient (Wildman–Crippen LogP) is 1.55. The maximum Gasteiger partial charge on any atom is 0.146 e. The van der Waals surface area contributed by atoms with Gasteiger partial charge in [-0.3, -0.25) is 0 Å². The van der Waals surface area contributed by atoms with Gasteiger partial charge in [0.25, 0.3) is 0 Å². The normalized spacial score (nSPS) is 21.8. The van der Waals surface area contributed by atoms with E-state index in [-0.39, 0.29) is 0 Å². The van der Waals surface area contributed by atoms with Crippen LogP contribution in [0.3, 0.4) is 0 Å². The van der Waals surface area contributed by atoms with Crippen molar-refractivity contribution in [1.82, 2.24) is 9.47 Å². The van der Waals surface area contributed by atoms with Gasteiger partial charge in [-0.25, -0.2) is 0 Å². The first kappa shape index (κ1) is 11.0. The Morgan fingerprint density at radius 3 is 2.15 bits per heavy atom.